The Kier molecular flexibility index (Phi) is 5.90. The number of anilines is 1. The zero-order chi connectivity index (χ0) is 16.0. The molecule has 0 aliphatic heterocycles. The van der Waals surface area contributed by atoms with Gasteiger partial charge in [-0.15, -0.1) is 0 Å². The summed E-state index contributed by atoms with van der Waals surface area (Å²) in [5, 5.41) is 14.2. The smallest absolute Gasteiger partial charge is 0.326 e. The van der Waals surface area contributed by atoms with Crippen LogP contribution in [0.1, 0.15) is 42.6 Å². The van der Waals surface area contributed by atoms with E-state index in [-0.39, 0.29) is 5.91 Å². The summed E-state index contributed by atoms with van der Waals surface area (Å²) < 4.78 is 0. The number of carboxylic acids is 1. The van der Waals surface area contributed by atoms with Crippen LogP contribution in [0, 0.1) is 6.92 Å². The van der Waals surface area contributed by atoms with Crippen molar-refractivity contribution in [3.63, 3.8) is 0 Å². The number of aliphatic carboxylic acids is 1. The zero-order valence-corrected chi connectivity index (χ0v) is 12.4. The molecule has 6 nitrogen and oxygen atoms in total. The Morgan fingerprint density at radius 3 is 2.48 bits per heavy atom. The molecular formula is C15H20N2O4. The summed E-state index contributed by atoms with van der Waals surface area (Å²) in [7, 11) is 0. The highest BCUT2D eigenvalue weighted by molar-refractivity contribution is 6.00. The van der Waals surface area contributed by atoms with E-state index in [0.717, 1.165) is 0 Å². The van der Waals surface area contributed by atoms with Gasteiger partial charge in [-0.2, -0.15) is 0 Å². The van der Waals surface area contributed by atoms with E-state index in [1.54, 1.807) is 25.1 Å². The molecule has 1 unspecified atom stereocenters. The van der Waals surface area contributed by atoms with Crippen LogP contribution in [0.4, 0.5) is 5.69 Å². The minimum atomic E-state index is -1.05. The summed E-state index contributed by atoms with van der Waals surface area (Å²) in [5.41, 5.74) is 1.49. The van der Waals surface area contributed by atoms with Crippen molar-refractivity contribution in [1.82, 2.24) is 5.32 Å². The molecule has 114 valence electrons. The highest BCUT2D eigenvalue weighted by Crippen LogP contribution is 2.19. The highest BCUT2D eigenvalue weighted by atomic mass is 16.4. The van der Waals surface area contributed by atoms with Crippen molar-refractivity contribution in [3.8, 4) is 0 Å². The van der Waals surface area contributed by atoms with Crippen LogP contribution in [-0.4, -0.2) is 28.9 Å². The van der Waals surface area contributed by atoms with Gasteiger partial charge in [-0.05, 0) is 31.0 Å². The topological polar surface area (TPSA) is 95.5 Å². The number of hydrogen-bond donors (Lipinski definition) is 3. The summed E-state index contributed by atoms with van der Waals surface area (Å²) >= 11 is 0. The van der Waals surface area contributed by atoms with E-state index in [9.17, 15) is 14.4 Å². The average Bonchev–Trinajstić information content (AvgIpc) is 2.39. The third-order valence-electron chi connectivity index (χ3n) is 3.07. The lowest BCUT2D eigenvalue weighted by Crippen LogP contribution is -2.40. The molecule has 1 aromatic carbocycles. The van der Waals surface area contributed by atoms with Crippen molar-refractivity contribution >= 4 is 23.5 Å². The van der Waals surface area contributed by atoms with Crippen molar-refractivity contribution < 1.29 is 19.5 Å². The normalized spacial score (nSPS) is 11.6. The molecule has 2 amide bonds. The fourth-order valence-corrected chi connectivity index (χ4v) is 1.99. The van der Waals surface area contributed by atoms with Crippen LogP contribution in [0.5, 0.6) is 0 Å². The SMILES string of the molecule is CCCC(NC(=O)c1cccc(NC(C)=O)c1C)C(=O)O. The summed E-state index contributed by atoms with van der Waals surface area (Å²) in [6.45, 7) is 4.94. The Hall–Kier alpha value is -2.37. The maximum Gasteiger partial charge on any atom is 0.326 e. The van der Waals surface area contributed by atoms with E-state index < -0.39 is 17.9 Å². The number of benzene rings is 1. The third kappa shape index (κ3) is 4.59. The molecule has 1 rings (SSSR count). The first-order valence-corrected chi connectivity index (χ1v) is 6.77. The van der Waals surface area contributed by atoms with Crippen molar-refractivity contribution in [2.75, 3.05) is 5.32 Å². The lowest BCUT2D eigenvalue weighted by atomic mass is 10.0. The van der Waals surface area contributed by atoms with Gasteiger partial charge in [-0.25, -0.2) is 4.79 Å². The van der Waals surface area contributed by atoms with Crippen LogP contribution >= 0.6 is 0 Å². The van der Waals surface area contributed by atoms with Gasteiger partial charge in [-0.1, -0.05) is 19.4 Å². The number of nitrogens with one attached hydrogen (secondary N) is 2. The van der Waals surface area contributed by atoms with Crippen molar-refractivity contribution in [2.24, 2.45) is 0 Å². The van der Waals surface area contributed by atoms with Gasteiger partial charge in [0.05, 0.1) is 0 Å². The summed E-state index contributed by atoms with van der Waals surface area (Å²) in [6, 6.07) is 4.02. The molecule has 0 radical (unpaired) electrons. The molecule has 0 saturated heterocycles. The second-order valence-electron chi connectivity index (χ2n) is 4.81. The fraction of sp³-hybridized carbons (Fsp3) is 0.400. The lowest BCUT2D eigenvalue weighted by Gasteiger charge is -2.16. The van der Waals surface area contributed by atoms with Gasteiger partial charge in [0.15, 0.2) is 0 Å². The van der Waals surface area contributed by atoms with E-state index >= 15 is 0 Å². The van der Waals surface area contributed by atoms with Gasteiger partial charge in [0.25, 0.3) is 5.91 Å². The number of carboxylic acid groups (broad SMARTS) is 1. The summed E-state index contributed by atoms with van der Waals surface area (Å²) in [4.78, 5) is 34.4. The molecule has 0 aromatic heterocycles. The average molecular weight is 292 g/mol. The molecule has 0 heterocycles. The number of carbonyl (C=O) groups excluding carboxylic acids is 2. The minimum Gasteiger partial charge on any atom is -0.480 e. The van der Waals surface area contributed by atoms with Gasteiger partial charge in [0.1, 0.15) is 6.04 Å². The summed E-state index contributed by atoms with van der Waals surface area (Å²) in [6.07, 6.45) is 1.02. The second-order valence-corrected chi connectivity index (χ2v) is 4.81. The Morgan fingerprint density at radius 2 is 1.95 bits per heavy atom. The van der Waals surface area contributed by atoms with Gasteiger partial charge >= 0.3 is 5.97 Å². The standard InChI is InChI=1S/C15H20N2O4/c1-4-6-13(15(20)21)17-14(19)11-7-5-8-12(9(11)2)16-10(3)18/h5,7-8,13H,4,6H2,1-3H3,(H,16,18)(H,17,19)(H,20,21). The molecule has 0 aliphatic rings. The molecule has 3 N–H and O–H groups in total. The maximum absolute atomic E-state index is 12.2. The van der Waals surface area contributed by atoms with E-state index in [4.69, 9.17) is 5.11 Å². The van der Waals surface area contributed by atoms with E-state index in [0.29, 0.717) is 29.7 Å². The minimum absolute atomic E-state index is 0.231. The van der Waals surface area contributed by atoms with E-state index in [1.165, 1.54) is 6.92 Å². The predicted octanol–water partition coefficient (Wildman–Crippen LogP) is 1.94. The van der Waals surface area contributed by atoms with Gasteiger partial charge in [-0.3, -0.25) is 9.59 Å². The monoisotopic (exact) mass is 292 g/mol. The molecule has 1 aromatic rings. The predicted molar refractivity (Wildman–Crippen MR) is 79.3 cm³/mol. The third-order valence-corrected chi connectivity index (χ3v) is 3.07. The largest absolute Gasteiger partial charge is 0.480 e. The number of amides is 2. The van der Waals surface area contributed by atoms with Crippen molar-refractivity contribution in [3.05, 3.63) is 29.3 Å². The molecule has 1 atom stereocenters. The van der Waals surface area contributed by atoms with Gasteiger partial charge in [0, 0.05) is 18.2 Å². The van der Waals surface area contributed by atoms with Crippen molar-refractivity contribution in [2.45, 2.75) is 39.7 Å². The molecular weight excluding hydrogens is 272 g/mol. The second kappa shape index (κ2) is 7.42. The van der Waals surface area contributed by atoms with Crippen LogP contribution in [-0.2, 0) is 9.59 Å². The Labute approximate surface area is 123 Å². The Balaban J connectivity index is 2.96. The first kappa shape index (κ1) is 16.7. The van der Waals surface area contributed by atoms with Crippen LogP contribution in [0.15, 0.2) is 18.2 Å². The van der Waals surface area contributed by atoms with E-state index in [1.807, 2.05) is 6.92 Å². The lowest BCUT2D eigenvalue weighted by molar-refractivity contribution is -0.139. The fourth-order valence-electron chi connectivity index (χ4n) is 1.99. The molecule has 0 spiro atoms. The van der Waals surface area contributed by atoms with Crippen LogP contribution in [0.3, 0.4) is 0 Å². The Morgan fingerprint density at radius 1 is 1.29 bits per heavy atom. The first-order chi connectivity index (χ1) is 9.86. The highest BCUT2D eigenvalue weighted by Gasteiger charge is 2.21. The van der Waals surface area contributed by atoms with Crippen LogP contribution < -0.4 is 10.6 Å². The Bertz CT molecular complexity index is 555. The molecule has 21 heavy (non-hydrogen) atoms. The molecule has 0 aliphatic carbocycles. The first-order valence-electron chi connectivity index (χ1n) is 6.77. The molecule has 0 bridgehead atoms. The van der Waals surface area contributed by atoms with E-state index in [2.05, 4.69) is 10.6 Å². The van der Waals surface area contributed by atoms with Crippen LogP contribution in [0.25, 0.3) is 0 Å². The summed E-state index contributed by atoms with van der Waals surface area (Å²) in [5.74, 6) is -1.74. The van der Waals surface area contributed by atoms with Crippen molar-refractivity contribution in [1.29, 1.82) is 0 Å². The number of carbonyl (C=O) groups is 3. The zero-order valence-electron chi connectivity index (χ0n) is 12.4. The quantitative estimate of drug-likeness (QED) is 0.746. The number of rotatable bonds is 6. The molecule has 6 heteroatoms. The van der Waals surface area contributed by atoms with Gasteiger partial charge < -0.3 is 15.7 Å². The molecule has 0 fully saturated rings. The molecule has 0 saturated carbocycles. The van der Waals surface area contributed by atoms with Crippen LogP contribution in [0.2, 0.25) is 0 Å². The maximum atomic E-state index is 12.2. The van der Waals surface area contributed by atoms with Gasteiger partial charge in [0.2, 0.25) is 5.91 Å². The number of hydrogen-bond acceptors (Lipinski definition) is 3.